The molecule has 0 spiro atoms. The van der Waals surface area contributed by atoms with Gasteiger partial charge in [-0.2, -0.15) is 0 Å². The van der Waals surface area contributed by atoms with E-state index in [1.54, 1.807) is 18.4 Å². The molecule has 0 aliphatic carbocycles. The minimum absolute atomic E-state index is 0.0841. The molecule has 0 radical (unpaired) electrons. The highest BCUT2D eigenvalue weighted by molar-refractivity contribution is 7.11. The molecule has 3 aromatic rings. The van der Waals surface area contributed by atoms with Gasteiger partial charge in [-0.05, 0) is 47.2 Å². The van der Waals surface area contributed by atoms with Crippen molar-refractivity contribution in [3.63, 3.8) is 0 Å². The van der Waals surface area contributed by atoms with Gasteiger partial charge < -0.3 is 14.8 Å². The zero-order valence-corrected chi connectivity index (χ0v) is 17.3. The number of methoxy groups -OCH3 is 1. The van der Waals surface area contributed by atoms with Gasteiger partial charge in [-0.15, -0.1) is 11.3 Å². The topological polar surface area (TPSA) is 47.6 Å². The molecule has 0 aliphatic rings. The van der Waals surface area contributed by atoms with Gasteiger partial charge in [0.15, 0.2) is 0 Å². The summed E-state index contributed by atoms with van der Waals surface area (Å²) in [7, 11) is 1.66. The molecule has 0 saturated carbocycles. The molecule has 0 aliphatic heterocycles. The van der Waals surface area contributed by atoms with Crippen LogP contribution in [-0.2, 0) is 16.1 Å². The Hall–Kier alpha value is -2.89. The molecular weight excluding hydrogens is 382 g/mol. The highest BCUT2D eigenvalue weighted by atomic mass is 32.1. The van der Waals surface area contributed by atoms with Gasteiger partial charge in [-0.25, -0.2) is 0 Å². The van der Waals surface area contributed by atoms with Crippen molar-refractivity contribution in [2.45, 2.75) is 13.0 Å². The first-order chi connectivity index (χ1) is 14.3. The summed E-state index contributed by atoms with van der Waals surface area (Å²) in [5.74, 6) is 0.688. The number of hydrogen-bond donors (Lipinski definition) is 1. The molecule has 1 heterocycles. The minimum atomic E-state index is -0.0841. The van der Waals surface area contributed by atoms with E-state index in [4.69, 9.17) is 9.47 Å². The number of carbonyl (C=O) groups is 1. The number of rotatable bonds is 10. The van der Waals surface area contributed by atoms with Crippen LogP contribution >= 0.6 is 11.3 Å². The van der Waals surface area contributed by atoms with Crippen LogP contribution in [0, 0.1) is 0 Å². The van der Waals surface area contributed by atoms with Crippen molar-refractivity contribution in [1.82, 2.24) is 5.32 Å². The second-order valence-electron chi connectivity index (χ2n) is 6.48. The Bertz CT molecular complexity index is 920. The molecule has 1 aromatic heterocycles. The molecule has 1 amide bonds. The highest BCUT2D eigenvalue weighted by Crippen LogP contribution is 2.25. The number of benzene rings is 2. The summed E-state index contributed by atoms with van der Waals surface area (Å²) < 4.78 is 11.0. The largest absolute Gasteiger partial charge is 0.489 e. The van der Waals surface area contributed by atoms with Gasteiger partial charge in [0.05, 0.1) is 5.57 Å². The van der Waals surface area contributed by atoms with E-state index in [2.05, 4.69) is 5.32 Å². The molecular formula is C24H25NO3S. The normalized spacial score (nSPS) is 11.3. The lowest BCUT2D eigenvalue weighted by molar-refractivity contribution is -0.115. The third-order valence-electron chi connectivity index (χ3n) is 4.26. The van der Waals surface area contributed by atoms with E-state index in [0.29, 0.717) is 25.3 Å². The second kappa shape index (κ2) is 11.2. The standard InChI is InChI=1S/C24H25NO3S/c1-27-14-7-13-25-24(26)22(23-12-6-15-29-23)17-20-10-5-11-21(16-20)28-18-19-8-3-2-4-9-19/h2-6,8-12,15-17H,7,13-14,18H2,1H3,(H,25,26). The van der Waals surface area contributed by atoms with Crippen molar-refractivity contribution < 1.29 is 14.3 Å². The van der Waals surface area contributed by atoms with Crippen LogP contribution in [0.5, 0.6) is 5.75 Å². The lowest BCUT2D eigenvalue weighted by Crippen LogP contribution is -2.25. The van der Waals surface area contributed by atoms with Gasteiger partial charge in [0.25, 0.3) is 5.91 Å². The van der Waals surface area contributed by atoms with Crippen molar-refractivity contribution in [1.29, 1.82) is 0 Å². The van der Waals surface area contributed by atoms with Crippen molar-refractivity contribution in [3.8, 4) is 5.75 Å². The quantitative estimate of drug-likeness (QED) is 0.379. The average molecular weight is 408 g/mol. The molecule has 1 N–H and O–H groups in total. The Kier molecular flexibility index (Phi) is 8.04. The Labute approximate surface area is 175 Å². The molecule has 0 fully saturated rings. The fourth-order valence-corrected chi connectivity index (χ4v) is 3.54. The zero-order chi connectivity index (χ0) is 20.3. The van der Waals surface area contributed by atoms with Gasteiger partial charge >= 0.3 is 0 Å². The van der Waals surface area contributed by atoms with Gasteiger partial charge in [-0.1, -0.05) is 48.5 Å². The summed E-state index contributed by atoms with van der Waals surface area (Å²) in [4.78, 5) is 13.7. The number of hydrogen-bond acceptors (Lipinski definition) is 4. The fraction of sp³-hybridized carbons (Fsp3) is 0.208. The highest BCUT2D eigenvalue weighted by Gasteiger charge is 2.13. The number of thiophene rings is 1. The summed E-state index contributed by atoms with van der Waals surface area (Å²) >= 11 is 1.55. The van der Waals surface area contributed by atoms with Crippen LogP contribution in [0.1, 0.15) is 22.4 Å². The average Bonchev–Trinajstić information content (AvgIpc) is 3.29. The monoisotopic (exact) mass is 407 g/mol. The van der Waals surface area contributed by atoms with Gasteiger partial charge in [0.2, 0.25) is 0 Å². The Morgan fingerprint density at radius 3 is 2.69 bits per heavy atom. The van der Waals surface area contributed by atoms with Gasteiger partial charge in [0.1, 0.15) is 12.4 Å². The van der Waals surface area contributed by atoms with Gasteiger partial charge in [-0.3, -0.25) is 4.79 Å². The lowest BCUT2D eigenvalue weighted by Gasteiger charge is -2.09. The van der Waals surface area contributed by atoms with E-state index in [9.17, 15) is 4.79 Å². The van der Waals surface area contributed by atoms with Crippen LogP contribution in [0.2, 0.25) is 0 Å². The molecule has 5 heteroatoms. The van der Waals surface area contributed by atoms with E-state index in [0.717, 1.165) is 28.2 Å². The van der Waals surface area contributed by atoms with E-state index >= 15 is 0 Å². The van der Waals surface area contributed by atoms with E-state index in [-0.39, 0.29) is 5.91 Å². The first-order valence-corrected chi connectivity index (χ1v) is 10.4. The summed E-state index contributed by atoms with van der Waals surface area (Å²) in [5, 5.41) is 4.95. The summed E-state index contributed by atoms with van der Waals surface area (Å²) in [5.41, 5.74) is 2.69. The molecule has 3 rings (SSSR count). The third-order valence-corrected chi connectivity index (χ3v) is 5.16. The maximum atomic E-state index is 12.8. The summed E-state index contributed by atoms with van der Waals surface area (Å²) in [6.07, 6.45) is 2.69. The number of carbonyl (C=O) groups excluding carboxylic acids is 1. The molecule has 2 aromatic carbocycles. The third kappa shape index (κ3) is 6.59. The molecule has 150 valence electrons. The smallest absolute Gasteiger partial charge is 0.252 e. The first-order valence-electron chi connectivity index (χ1n) is 9.56. The maximum absolute atomic E-state index is 12.8. The predicted octanol–water partition coefficient (Wildman–Crippen LogP) is 5.02. The molecule has 0 unspecified atom stereocenters. The van der Waals surface area contributed by atoms with Crippen LogP contribution in [0.25, 0.3) is 11.6 Å². The Morgan fingerprint density at radius 1 is 1.07 bits per heavy atom. The Balaban J connectivity index is 1.74. The second-order valence-corrected chi connectivity index (χ2v) is 7.43. The van der Waals surface area contributed by atoms with Crippen LogP contribution in [0.15, 0.2) is 72.1 Å². The maximum Gasteiger partial charge on any atom is 0.252 e. The van der Waals surface area contributed by atoms with Crippen molar-refractivity contribution in [2.24, 2.45) is 0 Å². The summed E-state index contributed by atoms with van der Waals surface area (Å²) in [6, 6.07) is 21.8. The van der Waals surface area contributed by atoms with Crippen molar-refractivity contribution >= 4 is 28.9 Å². The van der Waals surface area contributed by atoms with Crippen LogP contribution in [0.4, 0.5) is 0 Å². The van der Waals surface area contributed by atoms with E-state index in [1.165, 1.54) is 0 Å². The molecule has 29 heavy (non-hydrogen) atoms. The Morgan fingerprint density at radius 2 is 1.93 bits per heavy atom. The van der Waals surface area contributed by atoms with Crippen LogP contribution in [-0.4, -0.2) is 26.2 Å². The number of ether oxygens (including phenoxy) is 2. The lowest BCUT2D eigenvalue weighted by atomic mass is 10.1. The first kappa shape index (κ1) is 20.8. The van der Waals surface area contributed by atoms with Gasteiger partial charge in [0, 0.05) is 25.1 Å². The molecule has 0 bridgehead atoms. The van der Waals surface area contributed by atoms with Crippen molar-refractivity contribution in [2.75, 3.05) is 20.3 Å². The number of nitrogens with one attached hydrogen (secondary N) is 1. The zero-order valence-electron chi connectivity index (χ0n) is 16.5. The minimum Gasteiger partial charge on any atom is -0.489 e. The van der Waals surface area contributed by atoms with Crippen LogP contribution in [0.3, 0.4) is 0 Å². The summed E-state index contributed by atoms with van der Waals surface area (Å²) in [6.45, 7) is 1.71. The SMILES string of the molecule is COCCCNC(=O)C(=Cc1cccc(OCc2ccccc2)c1)c1cccs1. The fourth-order valence-electron chi connectivity index (χ4n) is 2.80. The molecule has 0 saturated heterocycles. The molecule has 4 nitrogen and oxygen atoms in total. The molecule has 0 atom stereocenters. The van der Waals surface area contributed by atoms with Crippen molar-refractivity contribution in [3.05, 3.63) is 88.1 Å². The number of amides is 1. The van der Waals surface area contributed by atoms with Crippen LogP contribution < -0.4 is 10.1 Å². The predicted molar refractivity (Wildman–Crippen MR) is 119 cm³/mol. The van der Waals surface area contributed by atoms with E-state index < -0.39 is 0 Å². The van der Waals surface area contributed by atoms with E-state index in [1.807, 2.05) is 78.2 Å².